The molecule has 5 nitrogen and oxygen atoms in total. The Labute approximate surface area is 135 Å². The highest BCUT2D eigenvalue weighted by Crippen LogP contribution is 2.19. The summed E-state index contributed by atoms with van der Waals surface area (Å²) in [6, 6.07) is 2.08. The number of pyridine rings is 1. The summed E-state index contributed by atoms with van der Waals surface area (Å²) in [5.41, 5.74) is 1.18. The van der Waals surface area contributed by atoms with Crippen molar-refractivity contribution in [3.05, 3.63) is 22.3 Å². The number of rotatable bonds is 8. The van der Waals surface area contributed by atoms with Gasteiger partial charge in [-0.05, 0) is 42.8 Å². The van der Waals surface area contributed by atoms with Gasteiger partial charge in [-0.25, -0.2) is 4.98 Å². The van der Waals surface area contributed by atoms with Crippen LogP contribution in [0.5, 0.6) is 0 Å². The van der Waals surface area contributed by atoms with Crippen LogP contribution in [0.2, 0.25) is 0 Å². The second kappa shape index (κ2) is 8.68. The highest BCUT2D eigenvalue weighted by Gasteiger charge is 2.13. The lowest BCUT2D eigenvalue weighted by Gasteiger charge is -2.22. The summed E-state index contributed by atoms with van der Waals surface area (Å²) in [7, 11) is 3.35. The predicted molar refractivity (Wildman–Crippen MR) is 89.7 cm³/mol. The minimum Gasteiger partial charge on any atom is -0.382 e. The number of anilines is 1. The van der Waals surface area contributed by atoms with Gasteiger partial charge in [-0.2, -0.15) is 0 Å². The van der Waals surface area contributed by atoms with Crippen LogP contribution >= 0.6 is 15.9 Å². The number of aromatic nitrogens is 1. The van der Waals surface area contributed by atoms with Crippen molar-refractivity contribution in [2.45, 2.75) is 39.0 Å². The minimum absolute atomic E-state index is 0.00359. The van der Waals surface area contributed by atoms with Crippen LogP contribution in [0, 0.1) is 0 Å². The molecule has 0 amide bonds. The van der Waals surface area contributed by atoms with Gasteiger partial charge in [-0.15, -0.1) is 0 Å². The smallest absolute Gasteiger partial charge is 0.130 e. The first-order chi connectivity index (χ1) is 9.85. The van der Waals surface area contributed by atoms with Gasteiger partial charge in [0.15, 0.2) is 0 Å². The van der Waals surface area contributed by atoms with Crippen LogP contribution in [-0.4, -0.2) is 44.0 Å². The molecule has 0 bridgehead atoms. The first-order valence-electron chi connectivity index (χ1n) is 7.00. The Morgan fingerprint density at radius 3 is 2.62 bits per heavy atom. The molecule has 0 radical (unpaired) electrons. The fraction of sp³-hybridized carbons (Fsp3) is 0.667. The summed E-state index contributed by atoms with van der Waals surface area (Å²) in [5.74, 6) is 0.869. The van der Waals surface area contributed by atoms with Crippen molar-refractivity contribution in [3.8, 4) is 0 Å². The highest BCUT2D eigenvalue weighted by molar-refractivity contribution is 9.10. The third-order valence-electron chi connectivity index (χ3n) is 2.93. The maximum Gasteiger partial charge on any atom is 0.130 e. The molecule has 1 unspecified atom stereocenters. The number of halogens is 1. The Hall–Kier alpha value is -0.690. The standard InChI is InChI=1S/C15H26BrN3O2/c1-15(2,3)19-7-11-6-12(16)8-17-14(11)18-9-13(21-5)10-20-4/h6,8,13,19H,7,9-10H2,1-5H3,(H,17,18). The number of hydrogen-bond donors (Lipinski definition) is 2. The summed E-state index contributed by atoms with van der Waals surface area (Å²) in [4.78, 5) is 4.45. The Morgan fingerprint density at radius 1 is 1.33 bits per heavy atom. The lowest BCUT2D eigenvalue weighted by Crippen LogP contribution is -2.35. The number of ether oxygens (including phenoxy) is 2. The van der Waals surface area contributed by atoms with Gasteiger partial charge < -0.3 is 20.1 Å². The monoisotopic (exact) mass is 359 g/mol. The molecule has 1 aromatic rings. The van der Waals surface area contributed by atoms with Crippen LogP contribution in [0.1, 0.15) is 26.3 Å². The maximum absolute atomic E-state index is 5.35. The van der Waals surface area contributed by atoms with Crippen molar-refractivity contribution < 1.29 is 9.47 Å². The summed E-state index contributed by atoms with van der Waals surface area (Å²) in [5, 5.41) is 6.81. The fourth-order valence-corrected chi connectivity index (χ4v) is 2.12. The topological polar surface area (TPSA) is 55.4 Å². The van der Waals surface area contributed by atoms with Crippen LogP contribution in [0.15, 0.2) is 16.7 Å². The molecular formula is C15H26BrN3O2. The first kappa shape index (κ1) is 18.4. The lowest BCUT2D eigenvalue weighted by atomic mass is 10.1. The lowest BCUT2D eigenvalue weighted by molar-refractivity contribution is 0.0365. The van der Waals surface area contributed by atoms with Gasteiger partial charge in [0.25, 0.3) is 0 Å². The van der Waals surface area contributed by atoms with E-state index in [1.807, 2.05) is 0 Å². The van der Waals surface area contributed by atoms with Crippen molar-refractivity contribution in [1.29, 1.82) is 0 Å². The van der Waals surface area contributed by atoms with Gasteiger partial charge in [-0.1, -0.05) is 0 Å². The minimum atomic E-state index is 0.00359. The zero-order valence-corrected chi connectivity index (χ0v) is 15.1. The van der Waals surface area contributed by atoms with E-state index >= 15 is 0 Å². The summed E-state index contributed by atoms with van der Waals surface area (Å²) in [6.07, 6.45) is 1.80. The molecule has 6 heteroatoms. The van der Waals surface area contributed by atoms with Crippen LogP contribution in [0.25, 0.3) is 0 Å². The third kappa shape index (κ3) is 7.22. The van der Waals surface area contributed by atoms with Crippen LogP contribution in [0.3, 0.4) is 0 Å². The van der Waals surface area contributed by atoms with Gasteiger partial charge in [-0.3, -0.25) is 0 Å². The molecule has 1 heterocycles. The van der Waals surface area contributed by atoms with Crippen molar-refractivity contribution in [2.24, 2.45) is 0 Å². The van der Waals surface area contributed by atoms with Crippen molar-refractivity contribution in [1.82, 2.24) is 10.3 Å². The number of hydrogen-bond acceptors (Lipinski definition) is 5. The predicted octanol–water partition coefficient (Wildman–Crippen LogP) is 2.81. The normalized spacial score (nSPS) is 13.2. The molecule has 1 atom stereocenters. The average molecular weight is 360 g/mol. The van der Waals surface area contributed by atoms with Crippen LogP contribution < -0.4 is 10.6 Å². The molecule has 120 valence electrons. The number of nitrogens with zero attached hydrogens (tertiary/aromatic N) is 1. The molecule has 0 saturated carbocycles. The van der Waals surface area contributed by atoms with E-state index in [0.29, 0.717) is 13.2 Å². The van der Waals surface area contributed by atoms with E-state index < -0.39 is 0 Å². The SMILES string of the molecule is COCC(CNc1ncc(Br)cc1CNC(C)(C)C)OC. The second-order valence-electron chi connectivity index (χ2n) is 5.96. The van der Waals surface area contributed by atoms with Crippen molar-refractivity contribution >= 4 is 21.7 Å². The van der Waals surface area contributed by atoms with E-state index in [-0.39, 0.29) is 11.6 Å². The van der Waals surface area contributed by atoms with Gasteiger partial charge in [0.05, 0.1) is 12.7 Å². The van der Waals surface area contributed by atoms with Gasteiger partial charge in [0.2, 0.25) is 0 Å². The summed E-state index contributed by atoms with van der Waals surface area (Å²) < 4.78 is 11.4. The third-order valence-corrected chi connectivity index (χ3v) is 3.36. The molecule has 0 saturated heterocycles. The summed E-state index contributed by atoms with van der Waals surface area (Å²) in [6.45, 7) is 8.39. The molecule has 1 rings (SSSR count). The van der Waals surface area contributed by atoms with E-state index in [0.717, 1.165) is 22.4 Å². The number of methoxy groups -OCH3 is 2. The Balaban J connectivity index is 2.72. The Bertz CT molecular complexity index is 435. The van der Waals surface area contributed by atoms with E-state index in [2.05, 4.69) is 58.4 Å². The molecule has 2 N–H and O–H groups in total. The molecule has 21 heavy (non-hydrogen) atoms. The van der Waals surface area contributed by atoms with Crippen molar-refractivity contribution in [2.75, 3.05) is 32.7 Å². The summed E-state index contributed by atoms with van der Waals surface area (Å²) >= 11 is 3.47. The van der Waals surface area contributed by atoms with Gasteiger partial charge in [0, 0.05) is 49.1 Å². The van der Waals surface area contributed by atoms with Crippen LogP contribution in [-0.2, 0) is 16.0 Å². The molecule has 0 spiro atoms. The highest BCUT2D eigenvalue weighted by atomic mass is 79.9. The first-order valence-corrected chi connectivity index (χ1v) is 7.80. The van der Waals surface area contributed by atoms with Crippen molar-refractivity contribution in [3.63, 3.8) is 0 Å². The van der Waals surface area contributed by atoms with Gasteiger partial charge >= 0.3 is 0 Å². The second-order valence-corrected chi connectivity index (χ2v) is 6.87. The molecule has 0 fully saturated rings. The quantitative estimate of drug-likeness (QED) is 0.747. The number of nitrogens with one attached hydrogen (secondary N) is 2. The largest absolute Gasteiger partial charge is 0.382 e. The molecular weight excluding hydrogens is 334 g/mol. The zero-order valence-electron chi connectivity index (χ0n) is 13.5. The molecule has 0 aromatic carbocycles. The molecule has 0 aliphatic heterocycles. The van der Waals surface area contributed by atoms with E-state index in [4.69, 9.17) is 9.47 Å². The molecule has 0 aliphatic rings. The zero-order chi connectivity index (χ0) is 15.9. The van der Waals surface area contributed by atoms with Crippen LogP contribution in [0.4, 0.5) is 5.82 Å². The molecule has 0 aliphatic carbocycles. The fourth-order valence-electron chi connectivity index (χ4n) is 1.74. The Kier molecular flexibility index (Phi) is 7.59. The maximum atomic E-state index is 5.35. The average Bonchev–Trinajstić information content (AvgIpc) is 2.41. The Morgan fingerprint density at radius 2 is 2.05 bits per heavy atom. The van der Waals surface area contributed by atoms with Gasteiger partial charge in [0.1, 0.15) is 5.82 Å². The molecule has 1 aromatic heterocycles. The van der Waals surface area contributed by atoms with E-state index in [9.17, 15) is 0 Å². The van der Waals surface area contributed by atoms with E-state index in [1.54, 1.807) is 20.4 Å². The van der Waals surface area contributed by atoms with E-state index in [1.165, 1.54) is 0 Å².